The Kier molecular flexibility index (Phi) is 5.12. The number of nitrogens with zero attached hydrogens (tertiary/aromatic N) is 1. The lowest BCUT2D eigenvalue weighted by Gasteiger charge is -2.19. The van der Waals surface area contributed by atoms with Crippen molar-refractivity contribution < 1.29 is 30.8 Å². The number of alkyl halides is 3. The molecule has 4 nitrogen and oxygen atoms in total. The summed E-state index contributed by atoms with van der Waals surface area (Å²) in [5.41, 5.74) is -0.884. The lowest BCUT2D eigenvalue weighted by Crippen LogP contribution is -2.36. The van der Waals surface area contributed by atoms with Crippen molar-refractivity contribution in [3.05, 3.63) is 28.5 Å². The monoisotopic (exact) mass is 367 g/mol. The van der Waals surface area contributed by atoms with Gasteiger partial charge in [0.1, 0.15) is 17.3 Å². The molecular formula is C10H7Cl2F4NO3S. The zero-order valence-corrected chi connectivity index (χ0v) is 12.5. The molecule has 21 heavy (non-hydrogen) atoms. The first-order valence-corrected chi connectivity index (χ1v) is 7.77. The molecule has 0 fully saturated rings. The Morgan fingerprint density at radius 3 is 2.29 bits per heavy atom. The molecule has 11 heteroatoms. The fourth-order valence-corrected chi connectivity index (χ4v) is 2.93. The average molecular weight is 368 g/mol. The number of hydrogen-bond acceptors (Lipinski definition) is 3. The van der Waals surface area contributed by atoms with Crippen LogP contribution in [-0.2, 0) is 9.05 Å². The van der Waals surface area contributed by atoms with Crippen LogP contribution in [0.3, 0.4) is 0 Å². The van der Waals surface area contributed by atoms with Gasteiger partial charge in [-0.05, 0) is 12.1 Å². The van der Waals surface area contributed by atoms with Crippen LogP contribution in [0.2, 0.25) is 5.02 Å². The van der Waals surface area contributed by atoms with Crippen molar-refractivity contribution in [2.75, 3.05) is 13.6 Å². The van der Waals surface area contributed by atoms with E-state index in [-0.39, 0.29) is 4.90 Å². The fraction of sp³-hybridized carbons (Fsp3) is 0.300. The van der Waals surface area contributed by atoms with Gasteiger partial charge in [-0.25, -0.2) is 12.8 Å². The summed E-state index contributed by atoms with van der Waals surface area (Å²) >= 11 is 5.47. The number of rotatable bonds is 3. The molecule has 1 aromatic carbocycles. The van der Waals surface area contributed by atoms with Crippen LogP contribution in [0.25, 0.3) is 0 Å². The van der Waals surface area contributed by atoms with Crippen LogP contribution >= 0.6 is 22.3 Å². The minimum absolute atomic E-state index is 0.191. The lowest BCUT2D eigenvalue weighted by atomic mass is 10.2. The van der Waals surface area contributed by atoms with Crippen molar-refractivity contribution in [3.63, 3.8) is 0 Å². The molecule has 0 saturated heterocycles. The van der Waals surface area contributed by atoms with E-state index in [1.54, 1.807) is 0 Å². The van der Waals surface area contributed by atoms with E-state index in [0.29, 0.717) is 12.1 Å². The largest absolute Gasteiger partial charge is 0.406 e. The maximum atomic E-state index is 13.6. The maximum absolute atomic E-state index is 13.6. The first kappa shape index (κ1) is 18.0. The molecule has 0 heterocycles. The van der Waals surface area contributed by atoms with Gasteiger partial charge in [-0.1, -0.05) is 11.6 Å². The zero-order chi connectivity index (χ0) is 16.6. The third kappa shape index (κ3) is 4.72. The van der Waals surface area contributed by atoms with Crippen LogP contribution < -0.4 is 0 Å². The third-order valence-electron chi connectivity index (χ3n) is 2.28. The number of carbonyl (C=O) groups is 1. The van der Waals surface area contributed by atoms with Crippen molar-refractivity contribution >= 4 is 37.2 Å². The molecular weight excluding hydrogens is 361 g/mol. The second-order valence-corrected chi connectivity index (χ2v) is 6.92. The highest BCUT2D eigenvalue weighted by atomic mass is 35.7. The SMILES string of the molecule is CN(CC(F)(F)F)C(=O)c1cc(S(=O)(=O)Cl)c(Cl)cc1F. The van der Waals surface area contributed by atoms with Gasteiger partial charge in [0.25, 0.3) is 15.0 Å². The molecule has 0 unspecified atom stereocenters. The van der Waals surface area contributed by atoms with Crippen molar-refractivity contribution in [1.82, 2.24) is 4.90 Å². The fourth-order valence-electron chi connectivity index (χ4n) is 1.43. The number of halogens is 6. The normalized spacial score (nSPS) is 12.3. The molecule has 0 aromatic heterocycles. The van der Waals surface area contributed by atoms with Crippen LogP contribution in [0.15, 0.2) is 17.0 Å². The van der Waals surface area contributed by atoms with Crippen molar-refractivity contribution in [2.45, 2.75) is 11.1 Å². The second kappa shape index (κ2) is 5.98. The highest BCUT2D eigenvalue weighted by Gasteiger charge is 2.33. The lowest BCUT2D eigenvalue weighted by molar-refractivity contribution is -0.138. The molecule has 1 amide bonds. The predicted molar refractivity (Wildman–Crippen MR) is 67.5 cm³/mol. The van der Waals surface area contributed by atoms with Crippen molar-refractivity contribution in [1.29, 1.82) is 0 Å². The predicted octanol–water partition coefficient (Wildman–Crippen LogP) is 3.04. The molecule has 0 atom stereocenters. The zero-order valence-electron chi connectivity index (χ0n) is 10.2. The van der Waals surface area contributed by atoms with Crippen molar-refractivity contribution in [3.8, 4) is 0 Å². The Morgan fingerprint density at radius 1 is 1.33 bits per heavy atom. The third-order valence-corrected chi connectivity index (χ3v) is 4.06. The van der Waals surface area contributed by atoms with E-state index in [1.807, 2.05) is 0 Å². The summed E-state index contributed by atoms with van der Waals surface area (Å²) in [6.07, 6.45) is -4.69. The molecule has 0 aliphatic heterocycles. The van der Waals surface area contributed by atoms with Gasteiger partial charge in [0.05, 0.1) is 10.6 Å². The van der Waals surface area contributed by atoms with Gasteiger partial charge in [0, 0.05) is 17.7 Å². The molecule has 0 bridgehead atoms. The summed E-state index contributed by atoms with van der Waals surface area (Å²) in [5.74, 6) is -2.62. The topological polar surface area (TPSA) is 54.5 Å². The van der Waals surface area contributed by atoms with Crippen LogP contribution in [0, 0.1) is 5.82 Å². The molecule has 1 aromatic rings. The van der Waals surface area contributed by atoms with E-state index in [9.17, 15) is 30.8 Å². The minimum Gasteiger partial charge on any atom is -0.333 e. The van der Waals surface area contributed by atoms with E-state index in [0.717, 1.165) is 7.05 Å². The molecule has 0 spiro atoms. The Balaban J connectivity index is 3.28. The first-order chi connectivity index (χ1) is 9.33. The van der Waals surface area contributed by atoms with Gasteiger partial charge < -0.3 is 4.90 Å². The summed E-state index contributed by atoms with van der Waals surface area (Å²) in [6, 6.07) is 0.987. The van der Waals surface area contributed by atoms with Gasteiger partial charge >= 0.3 is 6.18 Å². The Bertz CT molecular complexity index is 676. The maximum Gasteiger partial charge on any atom is 0.406 e. The quantitative estimate of drug-likeness (QED) is 0.609. The Morgan fingerprint density at radius 2 is 1.86 bits per heavy atom. The van der Waals surface area contributed by atoms with E-state index in [1.165, 1.54) is 0 Å². The summed E-state index contributed by atoms with van der Waals surface area (Å²) in [5, 5.41) is -0.586. The van der Waals surface area contributed by atoms with Crippen LogP contribution in [0.4, 0.5) is 17.6 Å². The molecule has 1 rings (SSSR count). The Hall–Kier alpha value is -1.06. The van der Waals surface area contributed by atoms with Gasteiger partial charge in [-0.2, -0.15) is 13.2 Å². The standard InChI is InChI=1S/C10H7Cl2F4NO3S/c1-17(4-10(14,15)16)9(18)5-2-8(21(12,19)20)6(11)3-7(5)13/h2-3H,4H2,1H3. The number of hydrogen-bond donors (Lipinski definition) is 0. The minimum atomic E-state index is -4.69. The highest BCUT2D eigenvalue weighted by molar-refractivity contribution is 8.13. The van der Waals surface area contributed by atoms with E-state index in [2.05, 4.69) is 0 Å². The van der Waals surface area contributed by atoms with E-state index in [4.69, 9.17) is 22.3 Å². The van der Waals surface area contributed by atoms with Gasteiger partial charge in [0.2, 0.25) is 0 Å². The molecule has 118 valence electrons. The smallest absolute Gasteiger partial charge is 0.333 e. The van der Waals surface area contributed by atoms with Crippen LogP contribution in [-0.4, -0.2) is 39.0 Å². The molecule has 0 saturated carbocycles. The summed E-state index contributed by atoms with van der Waals surface area (Å²) < 4.78 is 72.6. The highest BCUT2D eigenvalue weighted by Crippen LogP contribution is 2.28. The number of amides is 1. The summed E-state index contributed by atoms with van der Waals surface area (Å²) in [4.78, 5) is 11.2. The molecule has 0 aliphatic carbocycles. The van der Waals surface area contributed by atoms with E-state index >= 15 is 0 Å². The van der Waals surface area contributed by atoms with E-state index < -0.39 is 49.0 Å². The number of carbonyl (C=O) groups excluding carboxylic acids is 1. The van der Waals surface area contributed by atoms with Gasteiger partial charge in [-0.15, -0.1) is 0 Å². The van der Waals surface area contributed by atoms with Gasteiger partial charge in [-0.3, -0.25) is 4.79 Å². The van der Waals surface area contributed by atoms with Crippen LogP contribution in [0.1, 0.15) is 10.4 Å². The first-order valence-electron chi connectivity index (χ1n) is 5.09. The Labute approximate surface area is 126 Å². The second-order valence-electron chi connectivity index (χ2n) is 3.98. The number of benzene rings is 1. The summed E-state index contributed by atoms with van der Waals surface area (Å²) in [7, 11) is 1.44. The average Bonchev–Trinajstić information content (AvgIpc) is 2.23. The van der Waals surface area contributed by atoms with Crippen LogP contribution in [0.5, 0.6) is 0 Å². The molecule has 0 radical (unpaired) electrons. The molecule has 0 N–H and O–H groups in total. The van der Waals surface area contributed by atoms with Gasteiger partial charge in [0.15, 0.2) is 0 Å². The summed E-state index contributed by atoms with van der Waals surface area (Å²) in [6.45, 7) is -1.63. The van der Waals surface area contributed by atoms with Crippen molar-refractivity contribution in [2.24, 2.45) is 0 Å². The molecule has 0 aliphatic rings.